The van der Waals surface area contributed by atoms with Crippen LogP contribution in [0.4, 0.5) is 0 Å². The van der Waals surface area contributed by atoms with E-state index in [1.807, 2.05) is 0 Å². The second-order valence-electron chi connectivity index (χ2n) is 4.77. The molecular formula is C10H15N3O3S. The first-order valence-electron chi connectivity index (χ1n) is 5.76. The van der Waals surface area contributed by atoms with Gasteiger partial charge in [-0.2, -0.15) is 4.37 Å². The van der Waals surface area contributed by atoms with Crippen LogP contribution in [-0.2, 0) is 6.42 Å². The molecule has 7 heteroatoms. The van der Waals surface area contributed by atoms with Crippen molar-refractivity contribution in [2.24, 2.45) is 5.41 Å². The summed E-state index contributed by atoms with van der Waals surface area (Å²) in [6.07, 6.45) is 5.44. The van der Waals surface area contributed by atoms with Gasteiger partial charge in [-0.15, -0.1) is 0 Å². The van der Waals surface area contributed by atoms with Crippen molar-refractivity contribution in [2.75, 3.05) is 6.54 Å². The van der Waals surface area contributed by atoms with Crippen LogP contribution in [0.5, 0.6) is 0 Å². The molecule has 0 atom stereocenters. The van der Waals surface area contributed by atoms with Crippen LogP contribution in [0.2, 0.25) is 0 Å². The summed E-state index contributed by atoms with van der Waals surface area (Å²) in [4.78, 5) is 24.0. The Hall–Kier alpha value is -1.24. The number of hydrogen-bond donors (Lipinski definition) is 1. The molecule has 0 amide bonds. The van der Waals surface area contributed by atoms with Crippen molar-refractivity contribution in [3.63, 3.8) is 0 Å². The van der Waals surface area contributed by atoms with Crippen LogP contribution in [0.15, 0.2) is 4.79 Å². The van der Waals surface area contributed by atoms with E-state index in [0.29, 0.717) is 12.2 Å². The highest BCUT2D eigenvalue weighted by Crippen LogP contribution is 2.38. The number of hydrogen-bond acceptors (Lipinski definition) is 5. The van der Waals surface area contributed by atoms with Crippen molar-refractivity contribution in [2.45, 2.75) is 38.5 Å². The van der Waals surface area contributed by atoms with E-state index < -0.39 is 0 Å². The fraction of sp³-hybridized carbons (Fsp3) is 0.800. The van der Waals surface area contributed by atoms with Crippen LogP contribution < -0.4 is 4.87 Å². The molecule has 6 nitrogen and oxygen atoms in total. The lowest BCUT2D eigenvalue weighted by Gasteiger charge is -2.32. The smallest absolute Gasteiger partial charge is 0.300 e. The average Bonchev–Trinajstić information content (AvgIpc) is 2.63. The van der Waals surface area contributed by atoms with Crippen molar-refractivity contribution in [3.8, 4) is 0 Å². The zero-order valence-corrected chi connectivity index (χ0v) is 10.3. The second-order valence-corrected chi connectivity index (χ2v) is 5.51. The normalized spacial score (nSPS) is 19.1. The molecular weight excluding hydrogens is 242 g/mol. The lowest BCUT2D eigenvalue weighted by molar-refractivity contribution is -0.499. The number of nitrogens with one attached hydrogen (secondary N) is 1. The number of aromatic nitrogens is 2. The molecule has 0 spiro atoms. The molecule has 0 saturated heterocycles. The molecule has 1 saturated carbocycles. The van der Waals surface area contributed by atoms with E-state index in [-0.39, 0.29) is 21.8 Å². The molecule has 0 unspecified atom stereocenters. The third-order valence-electron chi connectivity index (χ3n) is 3.41. The summed E-state index contributed by atoms with van der Waals surface area (Å²) in [5.74, 6) is 0.601. The SMILES string of the molecule is O=c1[nH]c(CC2(C[N+](=O)[O-])CCCCC2)ns1. The third-order valence-corrected chi connectivity index (χ3v) is 3.99. The zero-order chi connectivity index (χ0) is 12.3. The maximum atomic E-state index is 11.0. The molecule has 17 heavy (non-hydrogen) atoms. The highest BCUT2D eigenvalue weighted by atomic mass is 32.1. The Morgan fingerprint density at radius 2 is 2.12 bits per heavy atom. The Morgan fingerprint density at radius 3 is 2.65 bits per heavy atom. The van der Waals surface area contributed by atoms with Crippen LogP contribution >= 0.6 is 11.5 Å². The van der Waals surface area contributed by atoms with E-state index in [9.17, 15) is 14.9 Å². The minimum atomic E-state index is -0.307. The molecule has 1 aromatic rings. The van der Waals surface area contributed by atoms with Gasteiger partial charge in [0.1, 0.15) is 5.82 Å². The molecule has 0 aliphatic heterocycles. The number of H-pyrrole nitrogens is 1. The van der Waals surface area contributed by atoms with E-state index in [0.717, 1.165) is 43.6 Å². The van der Waals surface area contributed by atoms with Gasteiger partial charge in [-0.1, -0.05) is 19.3 Å². The molecule has 1 aromatic heterocycles. The molecule has 0 aromatic carbocycles. The molecule has 0 bridgehead atoms. The average molecular weight is 257 g/mol. The van der Waals surface area contributed by atoms with E-state index in [2.05, 4.69) is 9.36 Å². The Morgan fingerprint density at radius 1 is 1.41 bits per heavy atom. The lowest BCUT2D eigenvalue weighted by Crippen LogP contribution is -2.34. The second kappa shape index (κ2) is 4.95. The van der Waals surface area contributed by atoms with Gasteiger partial charge < -0.3 is 0 Å². The molecule has 2 rings (SSSR count). The molecule has 1 aliphatic rings. The van der Waals surface area contributed by atoms with Crippen molar-refractivity contribution < 1.29 is 4.92 Å². The van der Waals surface area contributed by atoms with Gasteiger partial charge in [-0.25, -0.2) is 0 Å². The van der Waals surface area contributed by atoms with Gasteiger partial charge in [0.2, 0.25) is 6.54 Å². The van der Waals surface area contributed by atoms with Crippen molar-refractivity contribution in [1.82, 2.24) is 9.36 Å². The van der Waals surface area contributed by atoms with Gasteiger partial charge >= 0.3 is 4.87 Å². The summed E-state index contributed by atoms with van der Waals surface area (Å²) in [7, 11) is 0. The molecule has 94 valence electrons. The molecule has 1 N–H and O–H groups in total. The van der Waals surface area contributed by atoms with Crippen molar-refractivity contribution in [1.29, 1.82) is 0 Å². The van der Waals surface area contributed by atoms with Crippen LogP contribution in [0.3, 0.4) is 0 Å². The predicted molar refractivity (Wildman–Crippen MR) is 63.8 cm³/mol. The first-order valence-corrected chi connectivity index (χ1v) is 6.54. The topological polar surface area (TPSA) is 88.9 Å². The predicted octanol–water partition coefficient (Wildman–Crippen LogP) is 1.60. The Labute approximate surface area is 102 Å². The largest absolute Gasteiger partial charge is 0.323 e. The fourth-order valence-corrected chi connectivity index (χ4v) is 3.12. The summed E-state index contributed by atoms with van der Waals surface area (Å²) in [6.45, 7) is -0.0213. The van der Waals surface area contributed by atoms with Gasteiger partial charge in [-0.3, -0.25) is 19.9 Å². The molecule has 1 fully saturated rings. The zero-order valence-electron chi connectivity index (χ0n) is 9.48. The van der Waals surface area contributed by atoms with E-state index in [1.165, 1.54) is 0 Å². The van der Waals surface area contributed by atoms with Crippen LogP contribution in [0.1, 0.15) is 37.9 Å². The summed E-state index contributed by atoms with van der Waals surface area (Å²) in [5.41, 5.74) is -0.307. The maximum absolute atomic E-state index is 11.0. The summed E-state index contributed by atoms with van der Waals surface area (Å²) < 4.78 is 4.01. The highest BCUT2D eigenvalue weighted by Gasteiger charge is 2.38. The van der Waals surface area contributed by atoms with Gasteiger partial charge in [0.05, 0.1) is 0 Å². The van der Waals surface area contributed by atoms with E-state index in [4.69, 9.17) is 0 Å². The minimum absolute atomic E-state index is 0.0213. The fourth-order valence-electron chi connectivity index (χ4n) is 2.66. The molecule has 1 aliphatic carbocycles. The van der Waals surface area contributed by atoms with Crippen molar-refractivity contribution in [3.05, 3.63) is 25.6 Å². The Bertz CT molecular complexity index is 448. The van der Waals surface area contributed by atoms with Gasteiger partial charge in [0.15, 0.2) is 0 Å². The highest BCUT2D eigenvalue weighted by molar-refractivity contribution is 7.02. The number of rotatable bonds is 4. The summed E-state index contributed by atoms with van der Waals surface area (Å²) in [6, 6.07) is 0. The third kappa shape index (κ3) is 3.12. The minimum Gasteiger partial charge on any atom is -0.300 e. The number of nitrogens with zero attached hydrogens (tertiary/aromatic N) is 2. The number of aromatic amines is 1. The first kappa shape index (κ1) is 12.2. The monoisotopic (exact) mass is 257 g/mol. The van der Waals surface area contributed by atoms with Gasteiger partial charge in [0, 0.05) is 28.3 Å². The first-order chi connectivity index (χ1) is 8.10. The molecule has 1 heterocycles. The van der Waals surface area contributed by atoms with Crippen LogP contribution in [0.25, 0.3) is 0 Å². The Balaban J connectivity index is 2.14. The van der Waals surface area contributed by atoms with Crippen LogP contribution in [-0.4, -0.2) is 20.8 Å². The quantitative estimate of drug-likeness (QED) is 0.655. The standard InChI is InChI=1S/C10H15N3O3S/c14-9-11-8(12-17-9)6-10(7-13(15)16)4-2-1-3-5-10/h1-7H2,(H,11,12,14). The summed E-state index contributed by atoms with van der Waals surface area (Å²) in [5, 5.41) is 10.8. The summed E-state index contributed by atoms with van der Waals surface area (Å²) >= 11 is 0.880. The van der Waals surface area contributed by atoms with E-state index >= 15 is 0 Å². The lowest BCUT2D eigenvalue weighted by atomic mass is 9.71. The van der Waals surface area contributed by atoms with E-state index in [1.54, 1.807) is 0 Å². The van der Waals surface area contributed by atoms with Gasteiger partial charge in [-0.05, 0) is 12.8 Å². The molecule has 0 radical (unpaired) electrons. The maximum Gasteiger partial charge on any atom is 0.323 e. The number of nitro groups is 1. The van der Waals surface area contributed by atoms with Crippen molar-refractivity contribution >= 4 is 11.5 Å². The Kier molecular flexibility index (Phi) is 3.56. The van der Waals surface area contributed by atoms with Gasteiger partial charge in [0.25, 0.3) is 0 Å². The van der Waals surface area contributed by atoms with Crippen LogP contribution in [0, 0.1) is 15.5 Å².